The van der Waals surface area contributed by atoms with Crippen LogP contribution < -0.4 is 16.4 Å². The molecule has 1 unspecified atom stereocenters. The Morgan fingerprint density at radius 1 is 1.00 bits per heavy atom. The van der Waals surface area contributed by atoms with Crippen LogP contribution in [-0.2, 0) is 35.6 Å². The molecule has 0 fully saturated rings. The second-order valence-electron chi connectivity index (χ2n) is 9.43. The lowest BCUT2D eigenvalue weighted by Crippen LogP contribution is -2.42. The van der Waals surface area contributed by atoms with E-state index in [4.69, 9.17) is 5.73 Å². The highest BCUT2D eigenvalue weighted by Crippen LogP contribution is 2.30. The van der Waals surface area contributed by atoms with Gasteiger partial charge in [-0.25, -0.2) is 4.98 Å². The van der Waals surface area contributed by atoms with Crippen LogP contribution in [0.5, 0.6) is 0 Å². The van der Waals surface area contributed by atoms with E-state index in [-0.39, 0.29) is 12.6 Å². The second-order valence-corrected chi connectivity index (χ2v) is 9.43. The lowest BCUT2D eigenvalue weighted by atomic mass is 9.86. The van der Waals surface area contributed by atoms with E-state index in [1.165, 1.54) is 11.1 Å². The topological polar surface area (TPSA) is 102 Å². The van der Waals surface area contributed by atoms with Gasteiger partial charge in [-0.15, -0.1) is 0 Å². The maximum absolute atomic E-state index is 12.7. The maximum atomic E-state index is 12.7. The molecule has 1 aliphatic carbocycles. The van der Waals surface area contributed by atoms with Gasteiger partial charge in [0.15, 0.2) is 0 Å². The fourth-order valence-electron chi connectivity index (χ4n) is 4.96. The number of carbonyl (C=O) groups excluding carboxylic acids is 2. The summed E-state index contributed by atoms with van der Waals surface area (Å²) in [4.78, 5) is 29.5. The molecule has 1 aliphatic rings. The Hall–Kier alpha value is -4.23. The van der Waals surface area contributed by atoms with Crippen molar-refractivity contribution in [1.29, 1.82) is 0 Å². The van der Waals surface area contributed by atoms with E-state index in [9.17, 15) is 9.59 Å². The minimum Gasteiger partial charge on any atom is -0.344 e. The zero-order chi connectivity index (χ0) is 25.6. The van der Waals surface area contributed by atoms with E-state index in [1.54, 1.807) is 12.5 Å². The summed E-state index contributed by atoms with van der Waals surface area (Å²) in [7, 11) is 0. The third kappa shape index (κ3) is 5.78. The summed E-state index contributed by atoms with van der Waals surface area (Å²) in [6.07, 6.45) is 8.24. The number of aromatic nitrogens is 2. The molecule has 1 heterocycles. The Labute approximate surface area is 216 Å². The Morgan fingerprint density at radius 2 is 1.81 bits per heavy atom. The van der Waals surface area contributed by atoms with Gasteiger partial charge in [0.25, 0.3) is 0 Å². The molecule has 2 amide bonds. The molecule has 1 aromatic heterocycles. The van der Waals surface area contributed by atoms with Crippen molar-refractivity contribution < 1.29 is 9.59 Å². The summed E-state index contributed by atoms with van der Waals surface area (Å²) in [5.41, 5.74) is 13.3. The van der Waals surface area contributed by atoms with Crippen molar-refractivity contribution in [2.75, 3.05) is 0 Å². The van der Waals surface area contributed by atoms with Gasteiger partial charge >= 0.3 is 11.8 Å². The van der Waals surface area contributed by atoms with Gasteiger partial charge in [-0.1, -0.05) is 66.7 Å². The van der Waals surface area contributed by atoms with Crippen molar-refractivity contribution in [3.05, 3.63) is 113 Å². The third-order valence-electron chi connectivity index (χ3n) is 6.92. The normalized spacial score (nSPS) is 14.6. The predicted octanol–water partition coefficient (Wildman–Crippen LogP) is 3.87. The number of nitrogens with one attached hydrogen (secondary N) is 2. The summed E-state index contributed by atoms with van der Waals surface area (Å²) in [6, 6.07) is 22.2. The Morgan fingerprint density at radius 3 is 2.59 bits per heavy atom. The third-order valence-corrected chi connectivity index (χ3v) is 6.92. The quantitative estimate of drug-likeness (QED) is 0.340. The molecule has 0 bridgehead atoms. The molecule has 4 aromatic rings. The zero-order valence-electron chi connectivity index (χ0n) is 20.7. The standard InChI is InChI=1S/C30H31N5O2/c31-17-22-10-13-27-24(16-22)5-3-7-28(27)34-30(37)29(36)33-18-25-4-1-2-6-26(25)23-11-8-21(9-12-23)19-35-15-14-32-20-35/h1-2,4,6,8-16,20,28H,3,5,7,17-19,31H2,(H,33,36)(H,34,37). The summed E-state index contributed by atoms with van der Waals surface area (Å²) in [5.74, 6) is -1.24. The van der Waals surface area contributed by atoms with Crippen LogP contribution in [-0.4, -0.2) is 21.4 Å². The number of rotatable bonds is 7. The molecule has 188 valence electrons. The monoisotopic (exact) mass is 493 g/mol. The second kappa shape index (κ2) is 11.2. The van der Waals surface area contributed by atoms with Crippen LogP contribution in [0.2, 0.25) is 0 Å². The molecule has 0 aliphatic heterocycles. The van der Waals surface area contributed by atoms with E-state index in [2.05, 4.69) is 45.9 Å². The van der Waals surface area contributed by atoms with Crippen LogP contribution in [0.25, 0.3) is 11.1 Å². The van der Waals surface area contributed by atoms with E-state index >= 15 is 0 Å². The first-order valence-corrected chi connectivity index (χ1v) is 12.6. The Bertz CT molecular complexity index is 1380. The minimum absolute atomic E-state index is 0.165. The van der Waals surface area contributed by atoms with Gasteiger partial charge in [0.2, 0.25) is 0 Å². The molecule has 0 saturated heterocycles. The number of nitrogens with two attached hydrogens (primary N) is 1. The van der Waals surface area contributed by atoms with Crippen LogP contribution in [0, 0.1) is 0 Å². The largest absolute Gasteiger partial charge is 0.344 e. The smallest absolute Gasteiger partial charge is 0.309 e. The maximum Gasteiger partial charge on any atom is 0.309 e. The first kappa shape index (κ1) is 24.5. The number of carbonyl (C=O) groups is 2. The molecule has 7 nitrogen and oxygen atoms in total. The summed E-state index contributed by atoms with van der Waals surface area (Å²) in [5, 5.41) is 5.73. The number of nitrogens with zero attached hydrogens (tertiary/aromatic N) is 2. The number of hydrogen-bond donors (Lipinski definition) is 3. The van der Waals surface area contributed by atoms with Crippen LogP contribution >= 0.6 is 0 Å². The molecule has 1 atom stereocenters. The van der Waals surface area contributed by atoms with Crippen LogP contribution in [0.3, 0.4) is 0 Å². The first-order chi connectivity index (χ1) is 18.1. The van der Waals surface area contributed by atoms with Crippen molar-refractivity contribution in [3.8, 4) is 11.1 Å². The van der Waals surface area contributed by atoms with E-state index in [0.717, 1.165) is 53.6 Å². The van der Waals surface area contributed by atoms with Crippen molar-refractivity contribution >= 4 is 11.8 Å². The van der Waals surface area contributed by atoms with Gasteiger partial charge < -0.3 is 20.9 Å². The summed E-state index contributed by atoms with van der Waals surface area (Å²) in [6.45, 7) is 1.51. The molecule has 4 N–H and O–H groups in total. The molecule has 7 heteroatoms. The molecule has 0 saturated carbocycles. The van der Waals surface area contributed by atoms with Gasteiger partial charge in [-0.3, -0.25) is 9.59 Å². The fourth-order valence-corrected chi connectivity index (χ4v) is 4.96. The fraction of sp³-hybridized carbons (Fsp3) is 0.233. The van der Waals surface area contributed by atoms with Crippen LogP contribution in [0.15, 0.2) is 85.5 Å². The molecule has 0 radical (unpaired) electrons. The molecule has 3 aromatic carbocycles. The summed E-state index contributed by atoms with van der Waals surface area (Å²) < 4.78 is 2.02. The number of benzene rings is 3. The van der Waals surface area contributed by atoms with Gasteiger partial charge in [0.1, 0.15) is 0 Å². The van der Waals surface area contributed by atoms with Crippen molar-refractivity contribution in [1.82, 2.24) is 20.2 Å². The number of hydrogen-bond acceptors (Lipinski definition) is 4. The summed E-state index contributed by atoms with van der Waals surface area (Å²) >= 11 is 0. The van der Waals surface area contributed by atoms with Crippen LogP contribution in [0.1, 0.15) is 46.7 Å². The Kier molecular flexibility index (Phi) is 7.42. The van der Waals surface area contributed by atoms with Gasteiger partial charge in [0, 0.05) is 32.0 Å². The molecule has 37 heavy (non-hydrogen) atoms. The lowest BCUT2D eigenvalue weighted by molar-refractivity contribution is -0.139. The molecule has 0 spiro atoms. The lowest BCUT2D eigenvalue weighted by Gasteiger charge is -2.26. The average Bonchev–Trinajstić information content (AvgIpc) is 3.45. The van der Waals surface area contributed by atoms with Crippen molar-refractivity contribution in [2.24, 2.45) is 5.73 Å². The van der Waals surface area contributed by atoms with Gasteiger partial charge in [0.05, 0.1) is 12.4 Å². The predicted molar refractivity (Wildman–Crippen MR) is 143 cm³/mol. The highest BCUT2D eigenvalue weighted by molar-refractivity contribution is 6.35. The van der Waals surface area contributed by atoms with Crippen LogP contribution in [0.4, 0.5) is 0 Å². The first-order valence-electron chi connectivity index (χ1n) is 12.6. The number of amides is 2. The number of imidazole rings is 1. The average molecular weight is 494 g/mol. The molecular weight excluding hydrogens is 462 g/mol. The molecular formula is C30H31N5O2. The highest BCUT2D eigenvalue weighted by atomic mass is 16.2. The van der Waals surface area contributed by atoms with E-state index in [0.29, 0.717) is 6.54 Å². The van der Waals surface area contributed by atoms with E-state index < -0.39 is 11.8 Å². The minimum atomic E-state index is -0.629. The SMILES string of the molecule is NCc1ccc2c(c1)CCCC2NC(=O)C(=O)NCc1ccccc1-c1ccc(Cn2ccnc2)cc1. The van der Waals surface area contributed by atoms with E-state index in [1.807, 2.05) is 47.2 Å². The van der Waals surface area contributed by atoms with Gasteiger partial charge in [-0.05, 0) is 58.2 Å². The Balaban J connectivity index is 1.22. The highest BCUT2D eigenvalue weighted by Gasteiger charge is 2.24. The number of aryl methyl sites for hydroxylation is 1. The molecule has 5 rings (SSSR count). The number of fused-ring (bicyclic) bond motifs is 1. The van der Waals surface area contributed by atoms with Gasteiger partial charge in [-0.2, -0.15) is 0 Å². The zero-order valence-corrected chi connectivity index (χ0v) is 20.7. The van der Waals surface area contributed by atoms with Crippen molar-refractivity contribution in [2.45, 2.75) is 44.9 Å². The van der Waals surface area contributed by atoms with Crippen molar-refractivity contribution in [3.63, 3.8) is 0 Å².